The van der Waals surface area contributed by atoms with Crippen molar-refractivity contribution in [1.82, 2.24) is 0 Å². The van der Waals surface area contributed by atoms with Crippen LogP contribution in [0.5, 0.6) is 0 Å². The van der Waals surface area contributed by atoms with Crippen LogP contribution in [0.4, 0.5) is 0 Å². The average molecular weight is 476 g/mol. The van der Waals surface area contributed by atoms with E-state index in [4.69, 9.17) is 24.7 Å². The first-order chi connectivity index (χ1) is 16.3. The molecule has 1 heterocycles. The number of ether oxygens (including phenoxy) is 4. The highest BCUT2D eigenvalue weighted by atomic mass is 16.6. The van der Waals surface area contributed by atoms with Crippen LogP contribution in [0.2, 0.25) is 0 Å². The zero-order valence-electron chi connectivity index (χ0n) is 21.8. The molecule has 2 rings (SSSR count). The summed E-state index contributed by atoms with van der Waals surface area (Å²) in [6.07, 6.45) is 9.43. The van der Waals surface area contributed by atoms with Gasteiger partial charge < -0.3 is 24.7 Å². The Labute approximate surface area is 206 Å². The van der Waals surface area contributed by atoms with Crippen molar-refractivity contribution in [3.05, 3.63) is 47.5 Å². The van der Waals surface area contributed by atoms with Crippen LogP contribution >= 0.6 is 0 Å². The van der Waals surface area contributed by atoms with Crippen molar-refractivity contribution in [2.24, 2.45) is 5.73 Å². The number of unbranched alkanes of at least 4 members (excludes halogenated alkanes) is 5. The quantitative estimate of drug-likeness (QED) is 0.244. The number of carbonyl (C=O) groups excluding carboxylic acids is 1. The molecule has 0 radical (unpaired) electrons. The minimum atomic E-state index is -0.612. The molecule has 1 aliphatic heterocycles. The van der Waals surface area contributed by atoms with Crippen LogP contribution in [0.25, 0.3) is 0 Å². The topological polar surface area (TPSA) is 80.0 Å². The van der Waals surface area contributed by atoms with E-state index in [1.165, 1.54) is 31.2 Å². The van der Waals surface area contributed by atoms with E-state index in [0.29, 0.717) is 13.2 Å². The van der Waals surface area contributed by atoms with E-state index in [2.05, 4.69) is 58.0 Å². The smallest absolute Gasteiger partial charge is 0.320 e. The predicted molar refractivity (Wildman–Crippen MR) is 136 cm³/mol. The number of esters is 1. The van der Waals surface area contributed by atoms with Crippen molar-refractivity contribution in [3.63, 3.8) is 0 Å². The van der Waals surface area contributed by atoms with Gasteiger partial charge in [0.05, 0.1) is 19.8 Å². The molecular weight excluding hydrogens is 430 g/mol. The summed E-state index contributed by atoms with van der Waals surface area (Å²) >= 11 is 0. The van der Waals surface area contributed by atoms with E-state index in [-0.39, 0.29) is 24.2 Å². The minimum Gasteiger partial charge on any atom is -0.455 e. The third-order valence-electron chi connectivity index (χ3n) is 6.26. The number of nitrogens with two attached hydrogens (primary N) is 1. The molecule has 1 saturated heterocycles. The van der Waals surface area contributed by atoms with E-state index in [1.54, 1.807) is 7.11 Å². The zero-order valence-corrected chi connectivity index (χ0v) is 21.8. The third kappa shape index (κ3) is 9.14. The normalized spacial score (nSPS) is 23.4. The summed E-state index contributed by atoms with van der Waals surface area (Å²) in [6.45, 7) is 9.40. The summed E-state index contributed by atoms with van der Waals surface area (Å²) in [7, 11) is 1.61. The molecule has 0 aromatic heterocycles. The van der Waals surface area contributed by atoms with Gasteiger partial charge in [-0.25, -0.2) is 0 Å². The molecule has 0 saturated carbocycles. The second-order valence-electron chi connectivity index (χ2n) is 10.1. The van der Waals surface area contributed by atoms with Crippen molar-refractivity contribution in [2.45, 2.75) is 103 Å². The molecule has 0 amide bonds. The Hall–Kier alpha value is -1.73. The Kier molecular flexibility index (Phi) is 12.3. The molecule has 1 aliphatic rings. The van der Waals surface area contributed by atoms with Crippen molar-refractivity contribution in [3.8, 4) is 0 Å². The second kappa shape index (κ2) is 14.6. The van der Waals surface area contributed by atoms with Crippen molar-refractivity contribution in [1.29, 1.82) is 0 Å². The van der Waals surface area contributed by atoms with Crippen molar-refractivity contribution >= 4 is 5.97 Å². The summed E-state index contributed by atoms with van der Waals surface area (Å²) in [5, 5.41) is 0. The fourth-order valence-corrected chi connectivity index (χ4v) is 4.12. The summed E-state index contributed by atoms with van der Waals surface area (Å²) in [5.74, 6) is -0.480. The van der Waals surface area contributed by atoms with E-state index in [0.717, 1.165) is 18.4 Å². The highest BCUT2D eigenvalue weighted by Gasteiger charge is 2.43. The molecule has 34 heavy (non-hydrogen) atoms. The number of hydrogen-bond acceptors (Lipinski definition) is 6. The molecule has 192 valence electrons. The summed E-state index contributed by atoms with van der Waals surface area (Å²) in [5.41, 5.74) is 7.97. The molecular formula is C28H45NO5. The third-order valence-corrected chi connectivity index (χ3v) is 6.26. The number of rotatable bonds is 13. The van der Waals surface area contributed by atoms with Gasteiger partial charge in [-0.2, -0.15) is 0 Å². The molecule has 4 atom stereocenters. The van der Waals surface area contributed by atoms with Gasteiger partial charge in [0.15, 0.2) is 6.10 Å². The van der Waals surface area contributed by atoms with Gasteiger partial charge in [-0.05, 0) is 29.4 Å². The molecule has 0 spiro atoms. The highest BCUT2D eigenvalue weighted by molar-refractivity contribution is 5.71. The molecule has 0 aliphatic carbocycles. The maximum Gasteiger partial charge on any atom is 0.320 e. The molecule has 1 fully saturated rings. The van der Waals surface area contributed by atoms with E-state index >= 15 is 0 Å². The van der Waals surface area contributed by atoms with Gasteiger partial charge >= 0.3 is 5.97 Å². The van der Waals surface area contributed by atoms with E-state index < -0.39 is 18.2 Å². The van der Waals surface area contributed by atoms with Crippen molar-refractivity contribution < 1.29 is 23.7 Å². The lowest BCUT2D eigenvalue weighted by Crippen LogP contribution is -2.56. The Bertz CT molecular complexity index is 740. The monoisotopic (exact) mass is 475 g/mol. The number of carbonyl (C=O) groups is 1. The fraction of sp³-hybridized carbons (Fsp3) is 0.679. The predicted octanol–water partition coefficient (Wildman–Crippen LogP) is 5.07. The largest absolute Gasteiger partial charge is 0.455 e. The lowest BCUT2D eigenvalue weighted by atomic mass is 9.87. The first kappa shape index (κ1) is 28.5. The molecule has 6 nitrogen and oxygen atoms in total. The van der Waals surface area contributed by atoms with Gasteiger partial charge in [-0.3, -0.25) is 4.79 Å². The van der Waals surface area contributed by atoms with Gasteiger partial charge in [0.25, 0.3) is 0 Å². The van der Waals surface area contributed by atoms with Gasteiger partial charge in [0.2, 0.25) is 0 Å². The second-order valence-corrected chi connectivity index (χ2v) is 10.1. The van der Waals surface area contributed by atoms with Crippen LogP contribution in [0.1, 0.15) is 77.3 Å². The van der Waals surface area contributed by atoms with Gasteiger partial charge in [0.1, 0.15) is 18.3 Å². The lowest BCUT2D eigenvalue weighted by Gasteiger charge is -2.40. The van der Waals surface area contributed by atoms with Crippen LogP contribution in [0.15, 0.2) is 36.4 Å². The van der Waals surface area contributed by atoms with Gasteiger partial charge in [0, 0.05) is 7.11 Å². The standard InChI is InChI=1S/C28H45NO5/c1-6-7-8-9-10-11-12-13-23-27(34-25(30)18-29)26(31-5)24(20-33-23)32-19-21-14-16-22(17-15-21)28(2,3)4/h12-17,23-24,26-27H,6-11,18-20,29H2,1-5H3/t23-,24+,26-,27+/m0/s1. The summed E-state index contributed by atoms with van der Waals surface area (Å²) in [4.78, 5) is 12.0. The van der Waals surface area contributed by atoms with Crippen LogP contribution < -0.4 is 5.73 Å². The van der Waals surface area contributed by atoms with Crippen LogP contribution in [0, 0.1) is 0 Å². The Morgan fingerprint density at radius 2 is 1.82 bits per heavy atom. The van der Waals surface area contributed by atoms with Crippen LogP contribution in [-0.2, 0) is 35.8 Å². The first-order valence-electron chi connectivity index (χ1n) is 12.7. The van der Waals surface area contributed by atoms with Crippen molar-refractivity contribution in [2.75, 3.05) is 20.3 Å². The summed E-state index contributed by atoms with van der Waals surface area (Å²) < 4.78 is 23.7. The first-order valence-corrected chi connectivity index (χ1v) is 12.7. The van der Waals surface area contributed by atoms with Crippen LogP contribution in [-0.4, -0.2) is 50.6 Å². The molecule has 1 aromatic rings. The SMILES string of the molecule is CCCCCCCC=C[C@@H]1OC[C@@H](OCc2ccc(C(C)(C)C)cc2)[C@H](OC)[C@@H]1OC(=O)CN. The number of benzene rings is 1. The van der Waals surface area contributed by atoms with Gasteiger partial charge in [-0.15, -0.1) is 0 Å². The van der Waals surface area contributed by atoms with Gasteiger partial charge in [-0.1, -0.05) is 89.8 Å². The van der Waals surface area contributed by atoms with Crippen LogP contribution in [0.3, 0.4) is 0 Å². The number of methoxy groups -OCH3 is 1. The summed E-state index contributed by atoms with van der Waals surface area (Å²) in [6, 6.07) is 8.45. The lowest BCUT2D eigenvalue weighted by molar-refractivity contribution is -0.216. The molecule has 6 heteroatoms. The molecule has 0 unspecified atom stereocenters. The number of allylic oxidation sites excluding steroid dienone is 1. The Morgan fingerprint density at radius 3 is 2.44 bits per heavy atom. The zero-order chi connectivity index (χ0) is 25.0. The average Bonchev–Trinajstić information content (AvgIpc) is 2.82. The highest BCUT2D eigenvalue weighted by Crippen LogP contribution is 2.26. The Morgan fingerprint density at radius 1 is 1.12 bits per heavy atom. The molecule has 2 N–H and O–H groups in total. The maximum atomic E-state index is 12.0. The van der Waals surface area contributed by atoms with E-state index in [9.17, 15) is 4.79 Å². The fourth-order valence-electron chi connectivity index (χ4n) is 4.12. The van der Waals surface area contributed by atoms with E-state index in [1.807, 2.05) is 6.08 Å². The molecule has 0 bridgehead atoms. The number of hydrogen-bond donors (Lipinski definition) is 1. The Balaban J connectivity index is 1.99. The maximum absolute atomic E-state index is 12.0. The molecule has 1 aromatic carbocycles. The minimum absolute atomic E-state index is 0.107.